The molecule has 0 amide bonds. The molecule has 1 unspecified atom stereocenters. The minimum Gasteiger partial charge on any atom is -0.371 e. The van der Waals surface area contributed by atoms with Crippen molar-refractivity contribution in [2.24, 2.45) is 0 Å². The highest BCUT2D eigenvalue weighted by Crippen LogP contribution is 2.33. The first-order valence-corrected chi connectivity index (χ1v) is 8.00. The fraction of sp³-hybridized carbons (Fsp3) is 0.333. The van der Waals surface area contributed by atoms with E-state index in [9.17, 15) is 0 Å². The second-order valence-corrected chi connectivity index (χ2v) is 6.69. The fourth-order valence-corrected chi connectivity index (χ4v) is 3.59. The van der Waals surface area contributed by atoms with Crippen LogP contribution >= 0.6 is 15.9 Å². The summed E-state index contributed by atoms with van der Waals surface area (Å²) < 4.78 is 1.18. The third kappa shape index (κ3) is 2.76. The van der Waals surface area contributed by atoms with E-state index >= 15 is 0 Å². The summed E-state index contributed by atoms with van der Waals surface area (Å²) in [6.45, 7) is 6.65. The molecule has 0 spiro atoms. The van der Waals surface area contributed by atoms with Gasteiger partial charge in [-0.2, -0.15) is 0 Å². The quantitative estimate of drug-likeness (QED) is 0.744. The van der Waals surface area contributed by atoms with E-state index in [1.807, 2.05) is 0 Å². The minimum absolute atomic E-state index is 0.646. The molecule has 0 N–H and O–H groups in total. The first-order chi connectivity index (χ1) is 9.63. The fourth-order valence-electron chi connectivity index (χ4n) is 3.17. The van der Waals surface area contributed by atoms with E-state index in [1.54, 1.807) is 0 Å². The van der Waals surface area contributed by atoms with E-state index in [-0.39, 0.29) is 0 Å². The Hall–Kier alpha value is -1.28. The third-order valence-corrected chi connectivity index (χ3v) is 4.69. The van der Waals surface area contributed by atoms with E-state index in [4.69, 9.17) is 0 Å². The summed E-state index contributed by atoms with van der Waals surface area (Å²) in [6, 6.07) is 15.5. The normalized spacial score (nSPS) is 18.6. The van der Waals surface area contributed by atoms with Crippen molar-refractivity contribution in [3.05, 3.63) is 63.6 Å². The van der Waals surface area contributed by atoms with Gasteiger partial charge in [0.05, 0.1) is 0 Å². The number of rotatable bonds is 2. The van der Waals surface area contributed by atoms with Crippen LogP contribution in [0.25, 0.3) is 0 Å². The Bertz CT molecular complexity index is 621. The van der Waals surface area contributed by atoms with Crippen LogP contribution in [-0.4, -0.2) is 13.1 Å². The second-order valence-electron chi connectivity index (χ2n) is 5.78. The van der Waals surface area contributed by atoms with Crippen LogP contribution < -0.4 is 4.90 Å². The molecule has 1 fully saturated rings. The van der Waals surface area contributed by atoms with Gasteiger partial charge in [-0.1, -0.05) is 45.8 Å². The molecule has 1 aliphatic heterocycles. The Morgan fingerprint density at radius 3 is 2.70 bits per heavy atom. The van der Waals surface area contributed by atoms with Crippen LogP contribution in [0.3, 0.4) is 0 Å². The maximum Gasteiger partial charge on any atom is 0.0396 e. The summed E-state index contributed by atoms with van der Waals surface area (Å²) in [7, 11) is 0. The zero-order chi connectivity index (χ0) is 14.1. The molecule has 0 aliphatic carbocycles. The molecule has 0 aromatic heterocycles. The van der Waals surface area contributed by atoms with Crippen molar-refractivity contribution in [1.82, 2.24) is 0 Å². The molecule has 3 rings (SSSR count). The van der Waals surface area contributed by atoms with Gasteiger partial charge < -0.3 is 4.90 Å². The molecule has 2 aromatic rings. The molecule has 1 aliphatic rings. The predicted octanol–water partition coefficient (Wildman–Crippen LogP) is 5.06. The average molecular weight is 330 g/mol. The maximum atomic E-state index is 3.58. The van der Waals surface area contributed by atoms with Crippen molar-refractivity contribution in [3.63, 3.8) is 0 Å². The number of aryl methyl sites for hydroxylation is 2. The lowest BCUT2D eigenvalue weighted by molar-refractivity contribution is 0.774. The largest absolute Gasteiger partial charge is 0.371 e. The third-order valence-electron chi connectivity index (χ3n) is 4.20. The first kappa shape index (κ1) is 13.7. The van der Waals surface area contributed by atoms with Crippen molar-refractivity contribution in [3.8, 4) is 0 Å². The van der Waals surface area contributed by atoms with Crippen molar-refractivity contribution < 1.29 is 0 Å². The van der Waals surface area contributed by atoms with E-state index in [0.717, 1.165) is 13.1 Å². The molecule has 20 heavy (non-hydrogen) atoms. The van der Waals surface area contributed by atoms with Crippen LogP contribution in [0.15, 0.2) is 46.9 Å². The number of nitrogens with zero attached hydrogens (tertiary/aromatic N) is 1. The second kappa shape index (κ2) is 5.61. The lowest BCUT2D eigenvalue weighted by Crippen LogP contribution is -2.20. The molecular formula is C18H20BrN. The lowest BCUT2D eigenvalue weighted by Gasteiger charge is -2.21. The number of hydrogen-bond acceptors (Lipinski definition) is 1. The number of halogens is 1. The standard InChI is InChI=1S/C18H20BrN/c1-13-6-7-18(14(2)10-13)20-9-8-16(12-20)15-4-3-5-17(19)11-15/h3-7,10-11,16H,8-9,12H2,1-2H3. The number of hydrogen-bond donors (Lipinski definition) is 0. The summed E-state index contributed by atoms with van der Waals surface area (Å²) in [6.07, 6.45) is 1.24. The van der Waals surface area contributed by atoms with E-state index in [2.05, 4.69) is 77.1 Å². The summed E-state index contributed by atoms with van der Waals surface area (Å²) in [5.41, 5.74) is 5.58. The SMILES string of the molecule is Cc1ccc(N2CCC(c3cccc(Br)c3)C2)c(C)c1. The van der Waals surface area contributed by atoms with Gasteiger partial charge in [0.2, 0.25) is 0 Å². The van der Waals surface area contributed by atoms with Crippen LogP contribution in [0.2, 0.25) is 0 Å². The highest BCUT2D eigenvalue weighted by Gasteiger charge is 2.24. The maximum absolute atomic E-state index is 3.58. The van der Waals surface area contributed by atoms with Gasteiger partial charge in [-0.15, -0.1) is 0 Å². The summed E-state index contributed by atoms with van der Waals surface area (Å²) in [5.74, 6) is 0.646. The predicted molar refractivity (Wildman–Crippen MR) is 89.6 cm³/mol. The lowest BCUT2D eigenvalue weighted by atomic mass is 9.99. The van der Waals surface area contributed by atoms with Crippen LogP contribution in [-0.2, 0) is 0 Å². The number of anilines is 1. The van der Waals surface area contributed by atoms with Gasteiger partial charge in [-0.25, -0.2) is 0 Å². The van der Waals surface area contributed by atoms with Crippen LogP contribution in [0.5, 0.6) is 0 Å². The summed E-state index contributed by atoms with van der Waals surface area (Å²) in [4.78, 5) is 2.53. The molecule has 0 bridgehead atoms. The average Bonchev–Trinajstić information content (AvgIpc) is 2.88. The highest BCUT2D eigenvalue weighted by atomic mass is 79.9. The smallest absolute Gasteiger partial charge is 0.0396 e. The Labute approximate surface area is 129 Å². The van der Waals surface area contributed by atoms with Gasteiger partial charge in [0, 0.05) is 29.2 Å². The van der Waals surface area contributed by atoms with Crippen molar-refractivity contribution in [2.75, 3.05) is 18.0 Å². The van der Waals surface area contributed by atoms with Gasteiger partial charge >= 0.3 is 0 Å². The molecular weight excluding hydrogens is 310 g/mol. The molecule has 0 saturated carbocycles. The van der Waals surface area contributed by atoms with Gasteiger partial charge in [-0.3, -0.25) is 0 Å². The minimum atomic E-state index is 0.646. The summed E-state index contributed by atoms with van der Waals surface area (Å²) >= 11 is 3.58. The summed E-state index contributed by atoms with van der Waals surface area (Å²) in [5, 5.41) is 0. The molecule has 1 saturated heterocycles. The zero-order valence-corrected chi connectivity index (χ0v) is 13.7. The van der Waals surface area contributed by atoms with E-state index < -0.39 is 0 Å². The van der Waals surface area contributed by atoms with Gasteiger partial charge in [-0.05, 0) is 49.6 Å². The van der Waals surface area contributed by atoms with Crippen LogP contribution in [0.4, 0.5) is 5.69 Å². The monoisotopic (exact) mass is 329 g/mol. The molecule has 1 atom stereocenters. The van der Waals surface area contributed by atoms with E-state index in [0.29, 0.717) is 5.92 Å². The van der Waals surface area contributed by atoms with Crippen molar-refractivity contribution >= 4 is 21.6 Å². The Morgan fingerprint density at radius 1 is 1.10 bits per heavy atom. The molecule has 104 valence electrons. The molecule has 1 heterocycles. The Kier molecular flexibility index (Phi) is 3.84. The van der Waals surface area contributed by atoms with Gasteiger partial charge in [0.25, 0.3) is 0 Å². The van der Waals surface area contributed by atoms with E-state index in [1.165, 1.54) is 33.3 Å². The molecule has 2 heteroatoms. The van der Waals surface area contributed by atoms with Crippen molar-refractivity contribution in [1.29, 1.82) is 0 Å². The first-order valence-electron chi connectivity index (χ1n) is 7.21. The van der Waals surface area contributed by atoms with Crippen LogP contribution in [0, 0.1) is 13.8 Å². The Balaban J connectivity index is 1.79. The van der Waals surface area contributed by atoms with Gasteiger partial charge in [0.15, 0.2) is 0 Å². The topological polar surface area (TPSA) is 3.24 Å². The molecule has 1 nitrogen and oxygen atoms in total. The Morgan fingerprint density at radius 2 is 1.95 bits per heavy atom. The van der Waals surface area contributed by atoms with Gasteiger partial charge in [0.1, 0.15) is 0 Å². The highest BCUT2D eigenvalue weighted by molar-refractivity contribution is 9.10. The van der Waals surface area contributed by atoms with Crippen LogP contribution in [0.1, 0.15) is 29.0 Å². The number of benzene rings is 2. The zero-order valence-electron chi connectivity index (χ0n) is 12.1. The molecule has 0 radical (unpaired) electrons. The van der Waals surface area contributed by atoms with Crippen molar-refractivity contribution in [2.45, 2.75) is 26.2 Å². The molecule has 2 aromatic carbocycles.